The summed E-state index contributed by atoms with van der Waals surface area (Å²) in [5, 5.41) is 14.3. The lowest BCUT2D eigenvalue weighted by Crippen LogP contribution is -2.21. The van der Waals surface area contributed by atoms with Crippen molar-refractivity contribution >= 4 is 39.9 Å². The highest BCUT2D eigenvalue weighted by molar-refractivity contribution is 9.10. The van der Waals surface area contributed by atoms with Crippen LogP contribution in [0.25, 0.3) is 11.4 Å². The van der Waals surface area contributed by atoms with E-state index in [9.17, 15) is 4.79 Å². The molecule has 0 fully saturated rings. The molecule has 2 heterocycles. The number of carbonyl (C=O) groups is 1. The molecule has 4 aromatic rings. The summed E-state index contributed by atoms with van der Waals surface area (Å²) in [5.41, 5.74) is 3.12. The van der Waals surface area contributed by atoms with Crippen LogP contribution in [0.3, 0.4) is 0 Å². The van der Waals surface area contributed by atoms with Crippen molar-refractivity contribution < 1.29 is 4.79 Å². The molecule has 0 aliphatic carbocycles. The molecule has 1 amide bonds. The number of halogens is 1. The second-order valence-electron chi connectivity index (χ2n) is 6.85. The van der Waals surface area contributed by atoms with Crippen molar-refractivity contribution in [2.45, 2.75) is 20.0 Å². The normalized spacial score (nSPS) is 10.9. The molecule has 152 valence electrons. The number of hydrogen-bond acceptors (Lipinski definition) is 4. The number of hydrogen-bond donors (Lipinski definition) is 2. The number of nitrogens with zero attached hydrogens (tertiary/aromatic N) is 4. The maximum absolute atomic E-state index is 12.7. The maximum Gasteiger partial charge on any atom is 0.245 e. The molecular formula is C21H19BrN6OS. The SMILES string of the molecule is Cc1ccc(-c2n[nH]c(=S)n2CC(=O)Nc2ccnn2Cc2ccc(Br)cc2)cc1. The van der Waals surface area contributed by atoms with Crippen LogP contribution in [0, 0.1) is 11.7 Å². The van der Waals surface area contributed by atoms with E-state index in [2.05, 4.69) is 36.5 Å². The molecular weight excluding hydrogens is 464 g/mol. The standard InChI is InChI=1S/C21H19BrN6OS/c1-14-2-6-16(7-3-14)20-25-26-21(30)27(20)13-19(29)24-18-10-11-23-28(18)12-15-4-8-17(22)9-5-15/h2-11H,12-13H2,1H3,(H,24,29)(H,26,30). The van der Waals surface area contributed by atoms with Gasteiger partial charge in [-0.25, -0.2) is 4.68 Å². The first-order valence-electron chi connectivity index (χ1n) is 9.28. The van der Waals surface area contributed by atoms with Crippen molar-refractivity contribution in [3.8, 4) is 11.4 Å². The van der Waals surface area contributed by atoms with Gasteiger partial charge in [-0.3, -0.25) is 14.5 Å². The highest BCUT2D eigenvalue weighted by atomic mass is 79.9. The van der Waals surface area contributed by atoms with Gasteiger partial charge >= 0.3 is 0 Å². The van der Waals surface area contributed by atoms with Crippen LogP contribution in [-0.2, 0) is 17.9 Å². The van der Waals surface area contributed by atoms with Gasteiger partial charge in [0.1, 0.15) is 12.4 Å². The Morgan fingerprint density at radius 2 is 1.87 bits per heavy atom. The highest BCUT2D eigenvalue weighted by Crippen LogP contribution is 2.18. The number of nitrogens with one attached hydrogen (secondary N) is 2. The van der Waals surface area contributed by atoms with E-state index in [0.29, 0.717) is 23.0 Å². The van der Waals surface area contributed by atoms with Gasteiger partial charge in [-0.2, -0.15) is 10.2 Å². The van der Waals surface area contributed by atoms with Crippen LogP contribution in [0.2, 0.25) is 0 Å². The van der Waals surface area contributed by atoms with Crippen LogP contribution in [0.4, 0.5) is 5.82 Å². The Labute approximate surface area is 186 Å². The fourth-order valence-electron chi connectivity index (χ4n) is 3.04. The van der Waals surface area contributed by atoms with Crippen LogP contribution in [0.15, 0.2) is 65.3 Å². The number of amides is 1. The first kappa shape index (κ1) is 20.2. The lowest BCUT2D eigenvalue weighted by molar-refractivity contribution is -0.116. The predicted molar refractivity (Wildman–Crippen MR) is 122 cm³/mol. The smallest absolute Gasteiger partial charge is 0.245 e. The third kappa shape index (κ3) is 4.58. The molecule has 0 unspecified atom stereocenters. The van der Waals surface area contributed by atoms with Gasteiger partial charge in [0.2, 0.25) is 5.91 Å². The topological polar surface area (TPSA) is 80.5 Å². The van der Waals surface area contributed by atoms with Gasteiger partial charge in [0, 0.05) is 16.1 Å². The minimum absolute atomic E-state index is 0.0437. The van der Waals surface area contributed by atoms with Gasteiger partial charge in [0.25, 0.3) is 0 Å². The summed E-state index contributed by atoms with van der Waals surface area (Å²) < 4.78 is 4.84. The van der Waals surface area contributed by atoms with Crippen LogP contribution in [0.1, 0.15) is 11.1 Å². The Hall–Kier alpha value is -3.04. The van der Waals surface area contributed by atoms with E-state index in [0.717, 1.165) is 21.2 Å². The molecule has 2 aromatic heterocycles. The van der Waals surface area contributed by atoms with E-state index in [-0.39, 0.29) is 12.5 Å². The van der Waals surface area contributed by atoms with Crippen LogP contribution in [-0.4, -0.2) is 30.5 Å². The zero-order chi connectivity index (χ0) is 21.1. The van der Waals surface area contributed by atoms with E-state index in [1.807, 2.05) is 55.5 Å². The molecule has 4 rings (SSSR count). The van der Waals surface area contributed by atoms with Gasteiger partial charge in [-0.05, 0) is 36.8 Å². The molecule has 0 bridgehead atoms. The number of carbonyl (C=O) groups excluding carboxylic acids is 1. The molecule has 2 N–H and O–H groups in total. The molecule has 7 nitrogen and oxygen atoms in total. The summed E-state index contributed by atoms with van der Waals surface area (Å²) in [6, 6.07) is 17.7. The second kappa shape index (κ2) is 8.76. The summed E-state index contributed by atoms with van der Waals surface area (Å²) in [6.07, 6.45) is 1.66. The first-order valence-corrected chi connectivity index (χ1v) is 10.5. The van der Waals surface area contributed by atoms with E-state index < -0.39 is 0 Å². The second-order valence-corrected chi connectivity index (χ2v) is 8.16. The van der Waals surface area contributed by atoms with Crippen LogP contribution in [0.5, 0.6) is 0 Å². The third-order valence-electron chi connectivity index (χ3n) is 4.60. The molecule has 0 saturated heterocycles. The predicted octanol–water partition coefficient (Wildman–Crippen LogP) is 4.56. The number of aryl methyl sites for hydroxylation is 1. The van der Waals surface area contributed by atoms with Crippen molar-refractivity contribution in [2.75, 3.05) is 5.32 Å². The lowest BCUT2D eigenvalue weighted by Gasteiger charge is -2.11. The monoisotopic (exact) mass is 482 g/mol. The zero-order valence-corrected chi connectivity index (χ0v) is 18.6. The lowest BCUT2D eigenvalue weighted by atomic mass is 10.1. The summed E-state index contributed by atoms with van der Waals surface area (Å²) in [6.45, 7) is 2.61. The molecule has 0 aliphatic heterocycles. The highest BCUT2D eigenvalue weighted by Gasteiger charge is 2.14. The van der Waals surface area contributed by atoms with E-state index in [1.165, 1.54) is 0 Å². The minimum atomic E-state index is -0.210. The average molecular weight is 483 g/mol. The molecule has 30 heavy (non-hydrogen) atoms. The Morgan fingerprint density at radius 3 is 2.60 bits per heavy atom. The van der Waals surface area contributed by atoms with Gasteiger partial charge in [-0.15, -0.1) is 0 Å². The molecule has 0 radical (unpaired) electrons. The third-order valence-corrected chi connectivity index (χ3v) is 5.44. The van der Waals surface area contributed by atoms with Crippen molar-refractivity contribution in [3.63, 3.8) is 0 Å². The summed E-state index contributed by atoms with van der Waals surface area (Å²) in [5.74, 6) is 1.03. The summed E-state index contributed by atoms with van der Waals surface area (Å²) in [4.78, 5) is 12.7. The molecule has 0 spiro atoms. The van der Waals surface area contributed by atoms with Gasteiger partial charge in [0.05, 0.1) is 12.7 Å². The quantitative estimate of drug-likeness (QED) is 0.394. The summed E-state index contributed by atoms with van der Waals surface area (Å²) >= 11 is 8.76. The van der Waals surface area contributed by atoms with Crippen molar-refractivity contribution in [1.29, 1.82) is 0 Å². The van der Waals surface area contributed by atoms with E-state index in [4.69, 9.17) is 12.2 Å². The van der Waals surface area contributed by atoms with Crippen molar-refractivity contribution in [1.82, 2.24) is 24.5 Å². The maximum atomic E-state index is 12.7. The van der Waals surface area contributed by atoms with Crippen LogP contribution >= 0.6 is 28.1 Å². The minimum Gasteiger partial charge on any atom is -0.309 e. The number of H-pyrrole nitrogens is 1. The van der Waals surface area contributed by atoms with Crippen LogP contribution < -0.4 is 5.32 Å². The Kier molecular flexibility index (Phi) is 5.91. The zero-order valence-electron chi connectivity index (χ0n) is 16.2. The molecule has 0 aliphatic rings. The molecule has 9 heteroatoms. The fourth-order valence-corrected chi connectivity index (χ4v) is 3.50. The van der Waals surface area contributed by atoms with E-state index in [1.54, 1.807) is 21.5 Å². The molecule has 2 aromatic carbocycles. The Morgan fingerprint density at radius 1 is 1.13 bits per heavy atom. The van der Waals surface area contributed by atoms with E-state index >= 15 is 0 Å². The number of aromatic nitrogens is 5. The average Bonchev–Trinajstić information content (AvgIpc) is 3.31. The van der Waals surface area contributed by atoms with Crippen molar-refractivity contribution in [2.24, 2.45) is 0 Å². The molecule has 0 atom stereocenters. The fraction of sp³-hybridized carbons (Fsp3) is 0.143. The molecule has 0 saturated carbocycles. The first-order chi connectivity index (χ1) is 14.5. The van der Waals surface area contributed by atoms with Gasteiger partial charge < -0.3 is 5.32 Å². The Balaban J connectivity index is 1.50. The summed E-state index contributed by atoms with van der Waals surface area (Å²) in [7, 11) is 0. The number of rotatable bonds is 6. The number of anilines is 1. The van der Waals surface area contributed by atoms with Crippen molar-refractivity contribution in [3.05, 3.63) is 81.2 Å². The number of aromatic amines is 1. The van der Waals surface area contributed by atoms with Gasteiger partial charge in [-0.1, -0.05) is 57.9 Å². The Bertz CT molecular complexity index is 1220. The number of benzene rings is 2. The van der Waals surface area contributed by atoms with Gasteiger partial charge in [0.15, 0.2) is 10.6 Å². The largest absolute Gasteiger partial charge is 0.309 e.